The maximum Gasteiger partial charge on any atom is 0.0740 e. The van der Waals surface area contributed by atoms with Crippen LogP contribution in [0.5, 0.6) is 0 Å². The third kappa shape index (κ3) is 1.97. The van der Waals surface area contributed by atoms with Crippen LogP contribution in [0.25, 0.3) is 54.8 Å². The summed E-state index contributed by atoms with van der Waals surface area (Å²) >= 11 is 0. The summed E-state index contributed by atoms with van der Waals surface area (Å²) in [4.78, 5) is 8.38. The monoisotopic (exact) mass is 456 g/mol. The lowest BCUT2D eigenvalue weighted by Gasteiger charge is -2.39. The van der Waals surface area contributed by atoms with E-state index in [-0.39, 0.29) is 0 Å². The zero-order valence-corrected chi connectivity index (χ0v) is 19.4. The molecule has 1 N–H and O–H groups in total. The largest absolute Gasteiger partial charge is 0.354 e. The SMILES string of the molecule is c1ccc2c(c1)-c1ccccc1C21c2cnccc2-c2cc3[nH]c4ccccc4c3c3cccc1c23. The fourth-order valence-electron chi connectivity index (χ4n) is 7.24. The van der Waals surface area contributed by atoms with Crippen molar-refractivity contribution in [3.63, 3.8) is 0 Å². The molecule has 0 saturated carbocycles. The quantitative estimate of drug-likeness (QED) is 0.245. The zero-order chi connectivity index (χ0) is 23.4. The van der Waals surface area contributed by atoms with Gasteiger partial charge in [0.1, 0.15) is 0 Å². The normalized spacial score (nSPS) is 14.3. The van der Waals surface area contributed by atoms with Crippen molar-refractivity contribution in [2.24, 2.45) is 0 Å². The molecule has 9 rings (SSSR count). The van der Waals surface area contributed by atoms with Gasteiger partial charge in [-0.05, 0) is 73.5 Å². The second-order valence-corrected chi connectivity index (χ2v) is 10.0. The van der Waals surface area contributed by atoms with E-state index in [2.05, 4.69) is 119 Å². The molecule has 166 valence electrons. The van der Waals surface area contributed by atoms with E-state index in [0.29, 0.717) is 0 Å². The highest BCUT2D eigenvalue weighted by molar-refractivity contribution is 6.25. The minimum atomic E-state index is -0.400. The van der Waals surface area contributed by atoms with Gasteiger partial charge >= 0.3 is 0 Å². The molecule has 2 aromatic heterocycles. The first kappa shape index (κ1) is 18.6. The molecule has 0 aliphatic heterocycles. The van der Waals surface area contributed by atoms with Crippen LogP contribution in [0.2, 0.25) is 0 Å². The van der Waals surface area contributed by atoms with Crippen molar-refractivity contribution in [1.82, 2.24) is 9.97 Å². The van der Waals surface area contributed by atoms with E-state index in [1.165, 1.54) is 77.1 Å². The van der Waals surface area contributed by atoms with E-state index in [9.17, 15) is 0 Å². The third-order valence-corrected chi connectivity index (χ3v) is 8.50. The average Bonchev–Trinajstić information content (AvgIpc) is 3.46. The molecule has 2 nitrogen and oxygen atoms in total. The minimum absolute atomic E-state index is 0.400. The number of nitrogens with one attached hydrogen (secondary N) is 1. The van der Waals surface area contributed by atoms with Gasteiger partial charge in [0.25, 0.3) is 0 Å². The number of aromatic nitrogens is 2. The topological polar surface area (TPSA) is 28.7 Å². The first-order chi connectivity index (χ1) is 17.9. The molecule has 0 saturated heterocycles. The summed E-state index contributed by atoms with van der Waals surface area (Å²) < 4.78 is 0. The van der Waals surface area contributed by atoms with Gasteiger partial charge in [-0.3, -0.25) is 4.98 Å². The van der Waals surface area contributed by atoms with Crippen LogP contribution in [0.3, 0.4) is 0 Å². The van der Waals surface area contributed by atoms with Gasteiger partial charge in [-0.1, -0.05) is 84.9 Å². The van der Waals surface area contributed by atoms with E-state index >= 15 is 0 Å². The van der Waals surface area contributed by atoms with Gasteiger partial charge in [-0.25, -0.2) is 0 Å². The molecule has 0 amide bonds. The van der Waals surface area contributed by atoms with Crippen LogP contribution < -0.4 is 0 Å². The predicted molar refractivity (Wildman–Crippen MR) is 147 cm³/mol. The number of pyridine rings is 1. The third-order valence-electron chi connectivity index (χ3n) is 8.50. The lowest BCUT2D eigenvalue weighted by molar-refractivity contribution is 0.768. The Bertz CT molecular complexity index is 2010. The van der Waals surface area contributed by atoms with Gasteiger partial charge in [0.05, 0.1) is 5.41 Å². The number of rotatable bonds is 0. The first-order valence-electron chi connectivity index (χ1n) is 12.5. The molecule has 5 aromatic carbocycles. The fourth-order valence-corrected chi connectivity index (χ4v) is 7.24. The first-order valence-corrected chi connectivity index (χ1v) is 12.5. The van der Waals surface area contributed by atoms with Crippen LogP contribution in [0.15, 0.2) is 116 Å². The smallest absolute Gasteiger partial charge is 0.0740 e. The second kappa shape index (κ2) is 6.30. The summed E-state index contributed by atoms with van der Waals surface area (Å²) in [5.74, 6) is 0. The van der Waals surface area contributed by atoms with Crippen molar-refractivity contribution in [1.29, 1.82) is 0 Å². The number of para-hydroxylation sites is 1. The Kier molecular flexibility index (Phi) is 3.26. The molecule has 0 radical (unpaired) electrons. The molecule has 1 spiro atoms. The molecule has 2 aliphatic carbocycles. The number of H-pyrrole nitrogens is 1. The lowest BCUT2D eigenvalue weighted by Crippen LogP contribution is -2.32. The average molecular weight is 457 g/mol. The standard InChI is InChI=1S/C34H20N2/c1-4-12-26-20(8-1)21-9-2-5-13-27(21)34(26)28-14-7-11-24-32(28)25(22-16-17-35-19-29(22)34)18-31-33(24)23-10-3-6-15-30(23)36-31/h1-19,36H. The number of hydrogen-bond donors (Lipinski definition) is 1. The van der Waals surface area contributed by atoms with Crippen molar-refractivity contribution in [3.8, 4) is 22.3 Å². The molecule has 0 unspecified atom stereocenters. The Labute approximate surface area is 207 Å². The number of fused-ring (bicyclic) bond motifs is 13. The molecule has 7 aromatic rings. The summed E-state index contributed by atoms with van der Waals surface area (Å²) in [6.45, 7) is 0. The van der Waals surface area contributed by atoms with Gasteiger partial charge in [-0.2, -0.15) is 0 Å². The van der Waals surface area contributed by atoms with Crippen molar-refractivity contribution < 1.29 is 0 Å². The van der Waals surface area contributed by atoms with E-state index < -0.39 is 5.41 Å². The van der Waals surface area contributed by atoms with E-state index in [1.54, 1.807) is 0 Å². The van der Waals surface area contributed by atoms with Crippen LogP contribution in [-0.2, 0) is 5.41 Å². The van der Waals surface area contributed by atoms with Crippen LogP contribution in [-0.4, -0.2) is 9.97 Å². The number of hydrogen-bond acceptors (Lipinski definition) is 1. The second-order valence-electron chi connectivity index (χ2n) is 10.0. The maximum atomic E-state index is 4.69. The molecule has 36 heavy (non-hydrogen) atoms. The summed E-state index contributed by atoms with van der Waals surface area (Å²) in [6, 6.07) is 38.0. The Morgan fingerprint density at radius 1 is 0.500 bits per heavy atom. The molecule has 2 heteroatoms. The van der Waals surface area contributed by atoms with Crippen LogP contribution >= 0.6 is 0 Å². The van der Waals surface area contributed by atoms with Crippen molar-refractivity contribution in [3.05, 3.63) is 138 Å². The summed E-state index contributed by atoms with van der Waals surface area (Å²) in [6.07, 6.45) is 4.04. The Hall–Kier alpha value is -4.69. The molecule has 2 heterocycles. The number of nitrogens with zero attached hydrogens (tertiary/aromatic N) is 1. The predicted octanol–water partition coefficient (Wildman–Crippen LogP) is 8.21. The zero-order valence-electron chi connectivity index (χ0n) is 19.4. The van der Waals surface area contributed by atoms with Crippen LogP contribution in [0, 0.1) is 0 Å². The van der Waals surface area contributed by atoms with Crippen molar-refractivity contribution in [2.45, 2.75) is 5.41 Å². The van der Waals surface area contributed by atoms with Crippen molar-refractivity contribution in [2.75, 3.05) is 0 Å². The summed E-state index contributed by atoms with van der Waals surface area (Å²) in [7, 11) is 0. The highest BCUT2D eigenvalue weighted by Crippen LogP contribution is 2.62. The van der Waals surface area contributed by atoms with Gasteiger partial charge in [-0.15, -0.1) is 0 Å². The van der Waals surface area contributed by atoms with Gasteiger partial charge in [0.2, 0.25) is 0 Å². The van der Waals surface area contributed by atoms with Crippen LogP contribution in [0.4, 0.5) is 0 Å². The molecule has 2 aliphatic rings. The van der Waals surface area contributed by atoms with E-state index in [1.807, 2.05) is 6.20 Å². The highest BCUT2D eigenvalue weighted by Gasteiger charge is 2.50. The highest BCUT2D eigenvalue weighted by atomic mass is 14.7. The fraction of sp³-hybridized carbons (Fsp3) is 0.0294. The molecular formula is C34H20N2. The Morgan fingerprint density at radius 2 is 1.17 bits per heavy atom. The van der Waals surface area contributed by atoms with Gasteiger partial charge < -0.3 is 4.98 Å². The number of aromatic amines is 1. The maximum absolute atomic E-state index is 4.69. The van der Waals surface area contributed by atoms with Crippen molar-refractivity contribution >= 4 is 32.6 Å². The van der Waals surface area contributed by atoms with E-state index in [0.717, 1.165) is 0 Å². The Morgan fingerprint density at radius 3 is 2.00 bits per heavy atom. The number of benzene rings is 5. The molecule has 0 bridgehead atoms. The molecule has 0 atom stereocenters. The molecular weight excluding hydrogens is 436 g/mol. The molecule has 0 fully saturated rings. The minimum Gasteiger partial charge on any atom is -0.354 e. The van der Waals surface area contributed by atoms with Crippen LogP contribution in [0.1, 0.15) is 22.3 Å². The van der Waals surface area contributed by atoms with E-state index in [4.69, 9.17) is 0 Å². The Balaban J connectivity index is 1.58. The van der Waals surface area contributed by atoms with Gasteiger partial charge in [0, 0.05) is 34.2 Å². The summed E-state index contributed by atoms with van der Waals surface area (Å²) in [5, 5.41) is 5.23. The van der Waals surface area contributed by atoms with Gasteiger partial charge in [0.15, 0.2) is 0 Å². The summed E-state index contributed by atoms with van der Waals surface area (Å²) in [5.41, 5.74) is 12.4. The lowest BCUT2D eigenvalue weighted by atomic mass is 9.62.